The summed E-state index contributed by atoms with van der Waals surface area (Å²) in [7, 11) is 0. The zero-order valence-corrected chi connectivity index (χ0v) is 13.2. The Balaban J connectivity index is 1.82. The average Bonchev–Trinajstić information content (AvgIpc) is 2.49. The molecule has 2 aromatic rings. The van der Waals surface area contributed by atoms with E-state index in [2.05, 4.69) is 26.6 Å². The number of rotatable bonds is 4. The molecule has 0 aliphatic heterocycles. The van der Waals surface area contributed by atoms with Crippen molar-refractivity contribution in [2.24, 2.45) is 0 Å². The van der Waals surface area contributed by atoms with Gasteiger partial charge < -0.3 is 10.6 Å². The molecule has 2 aromatic carbocycles. The molecule has 2 N–H and O–H groups in total. The molecule has 0 unspecified atom stereocenters. The van der Waals surface area contributed by atoms with Crippen molar-refractivity contribution in [1.82, 2.24) is 5.32 Å². The second-order valence-electron chi connectivity index (χ2n) is 4.56. The number of benzene rings is 2. The molecule has 0 fully saturated rings. The number of amides is 2. The zero-order chi connectivity index (χ0) is 15.9. The maximum absolute atomic E-state index is 13.4. The van der Waals surface area contributed by atoms with Gasteiger partial charge in [0.25, 0.3) is 0 Å². The van der Waals surface area contributed by atoms with Crippen molar-refractivity contribution < 1.29 is 14.0 Å². The Morgan fingerprint density at radius 1 is 1.05 bits per heavy atom. The minimum Gasteiger partial charge on any atom is -0.347 e. The molecule has 0 aromatic heterocycles. The van der Waals surface area contributed by atoms with Crippen molar-refractivity contribution in [1.29, 1.82) is 0 Å². The second kappa shape index (κ2) is 7.70. The van der Waals surface area contributed by atoms with Gasteiger partial charge in [-0.3, -0.25) is 9.59 Å². The van der Waals surface area contributed by atoms with Crippen LogP contribution in [0.3, 0.4) is 0 Å². The molecule has 2 rings (SSSR count). The van der Waals surface area contributed by atoms with E-state index in [1.807, 2.05) is 6.07 Å². The van der Waals surface area contributed by atoms with Crippen molar-refractivity contribution in [3.05, 3.63) is 64.4 Å². The van der Waals surface area contributed by atoms with Crippen LogP contribution in [0.25, 0.3) is 0 Å². The summed E-state index contributed by atoms with van der Waals surface area (Å²) in [5, 5.41) is 4.95. The third-order valence-corrected chi connectivity index (χ3v) is 3.42. The Hall–Kier alpha value is -2.21. The molecular formula is C16H14BrFN2O2. The van der Waals surface area contributed by atoms with Gasteiger partial charge in [0.2, 0.25) is 0 Å². The fraction of sp³-hybridized carbons (Fsp3) is 0.125. The highest BCUT2D eigenvalue weighted by Gasteiger charge is 2.13. The van der Waals surface area contributed by atoms with Gasteiger partial charge >= 0.3 is 11.8 Å². The van der Waals surface area contributed by atoms with Crippen LogP contribution in [0.1, 0.15) is 5.56 Å². The fourth-order valence-corrected chi connectivity index (χ4v) is 2.25. The van der Waals surface area contributed by atoms with E-state index in [-0.39, 0.29) is 12.4 Å². The van der Waals surface area contributed by atoms with Crippen molar-refractivity contribution in [3.63, 3.8) is 0 Å². The summed E-state index contributed by atoms with van der Waals surface area (Å²) in [6, 6.07) is 13.2. The number of hydrogen-bond donors (Lipinski definition) is 2. The molecule has 0 bridgehead atoms. The predicted octanol–water partition coefficient (Wildman–Crippen LogP) is 2.89. The third kappa shape index (κ3) is 4.66. The molecule has 0 heterocycles. The Bertz CT molecular complexity index is 691. The predicted molar refractivity (Wildman–Crippen MR) is 85.9 cm³/mol. The SMILES string of the molecule is O=C(NCCc1ccccc1F)C(=O)Nc1cccc(Br)c1. The first-order chi connectivity index (χ1) is 10.6. The quantitative estimate of drug-likeness (QED) is 0.819. The molecule has 0 saturated heterocycles. The molecule has 2 amide bonds. The highest BCUT2D eigenvalue weighted by molar-refractivity contribution is 9.10. The molecule has 0 atom stereocenters. The summed E-state index contributed by atoms with van der Waals surface area (Å²) in [6.45, 7) is 0.186. The van der Waals surface area contributed by atoms with E-state index in [1.165, 1.54) is 6.07 Å². The van der Waals surface area contributed by atoms with Crippen molar-refractivity contribution in [3.8, 4) is 0 Å². The molecule has 0 spiro atoms. The van der Waals surface area contributed by atoms with E-state index < -0.39 is 11.8 Å². The van der Waals surface area contributed by atoms with E-state index in [9.17, 15) is 14.0 Å². The van der Waals surface area contributed by atoms with Gasteiger partial charge in [-0.05, 0) is 36.2 Å². The normalized spacial score (nSPS) is 10.1. The van der Waals surface area contributed by atoms with Gasteiger partial charge in [0, 0.05) is 16.7 Å². The van der Waals surface area contributed by atoms with Crippen LogP contribution < -0.4 is 10.6 Å². The third-order valence-electron chi connectivity index (χ3n) is 2.93. The summed E-state index contributed by atoms with van der Waals surface area (Å²) >= 11 is 3.28. The lowest BCUT2D eigenvalue weighted by Crippen LogP contribution is -2.36. The average molecular weight is 365 g/mol. The Morgan fingerprint density at radius 2 is 1.82 bits per heavy atom. The van der Waals surface area contributed by atoms with Crippen molar-refractivity contribution in [2.75, 3.05) is 11.9 Å². The first-order valence-electron chi connectivity index (χ1n) is 6.64. The molecule has 114 valence electrons. The minimum atomic E-state index is -0.758. The van der Waals surface area contributed by atoms with Gasteiger partial charge in [-0.2, -0.15) is 0 Å². The van der Waals surface area contributed by atoms with E-state index >= 15 is 0 Å². The standard InChI is InChI=1S/C16H14BrFN2O2/c17-12-5-3-6-13(10-12)20-16(22)15(21)19-9-8-11-4-1-2-7-14(11)18/h1-7,10H,8-9H2,(H,19,21)(H,20,22). The molecule has 0 saturated carbocycles. The van der Waals surface area contributed by atoms with Crippen LogP contribution in [-0.4, -0.2) is 18.4 Å². The lowest BCUT2D eigenvalue weighted by Gasteiger charge is -2.07. The molecule has 4 nitrogen and oxygen atoms in total. The Kier molecular flexibility index (Phi) is 5.66. The number of hydrogen-bond acceptors (Lipinski definition) is 2. The van der Waals surface area contributed by atoms with E-state index in [1.54, 1.807) is 36.4 Å². The number of nitrogens with one attached hydrogen (secondary N) is 2. The number of halogens is 2. The van der Waals surface area contributed by atoms with Gasteiger partial charge in [0.05, 0.1) is 0 Å². The van der Waals surface area contributed by atoms with Gasteiger partial charge in [-0.15, -0.1) is 0 Å². The maximum atomic E-state index is 13.4. The molecule has 0 radical (unpaired) electrons. The maximum Gasteiger partial charge on any atom is 0.313 e. The molecule has 0 aliphatic carbocycles. The summed E-state index contributed by atoms with van der Waals surface area (Å²) in [5.41, 5.74) is 1.01. The lowest BCUT2D eigenvalue weighted by molar-refractivity contribution is -0.136. The summed E-state index contributed by atoms with van der Waals surface area (Å²) in [6.07, 6.45) is 0.322. The molecule has 0 aliphatic rings. The number of carbonyl (C=O) groups is 2. The van der Waals surface area contributed by atoms with E-state index in [4.69, 9.17) is 0 Å². The van der Waals surface area contributed by atoms with E-state index in [0.717, 1.165) is 4.47 Å². The van der Waals surface area contributed by atoms with Crippen LogP contribution in [0.2, 0.25) is 0 Å². The van der Waals surface area contributed by atoms with Crippen LogP contribution in [0, 0.1) is 5.82 Å². The van der Waals surface area contributed by atoms with Gasteiger partial charge in [-0.1, -0.05) is 40.2 Å². The zero-order valence-electron chi connectivity index (χ0n) is 11.6. The smallest absolute Gasteiger partial charge is 0.313 e. The van der Waals surface area contributed by atoms with Crippen molar-refractivity contribution in [2.45, 2.75) is 6.42 Å². The Labute approximate surface area is 135 Å². The molecule has 6 heteroatoms. The van der Waals surface area contributed by atoms with Crippen molar-refractivity contribution >= 4 is 33.4 Å². The monoisotopic (exact) mass is 364 g/mol. The minimum absolute atomic E-state index is 0.186. The number of anilines is 1. The second-order valence-corrected chi connectivity index (χ2v) is 5.48. The number of carbonyl (C=O) groups excluding carboxylic acids is 2. The highest BCUT2D eigenvalue weighted by atomic mass is 79.9. The van der Waals surface area contributed by atoms with Gasteiger partial charge in [0.1, 0.15) is 5.82 Å². The van der Waals surface area contributed by atoms with Crippen LogP contribution >= 0.6 is 15.9 Å². The summed E-state index contributed by atoms with van der Waals surface area (Å²) in [4.78, 5) is 23.4. The summed E-state index contributed by atoms with van der Waals surface area (Å²) in [5.74, 6) is -1.83. The van der Waals surface area contributed by atoms with Gasteiger partial charge in [-0.25, -0.2) is 4.39 Å². The summed E-state index contributed by atoms with van der Waals surface area (Å²) < 4.78 is 14.2. The molecular weight excluding hydrogens is 351 g/mol. The van der Waals surface area contributed by atoms with Crippen LogP contribution in [0.15, 0.2) is 53.0 Å². The topological polar surface area (TPSA) is 58.2 Å². The van der Waals surface area contributed by atoms with E-state index in [0.29, 0.717) is 17.7 Å². The fourth-order valence-electron chi connectivity index (χ4n) is 1.85. The van der Waals surface area contributed by atoms with Crippen LogP contribution in [0.4, 0.5) is 10.1 Å². The molecule has 22 heavy (non-hydrogen) atoms. The van der Waals surface area contributed by atoms with Crippen LogP contribution in [0.5, 0.6) is 0 Å². The van der Waals surface area contributed by atoms with Crippen LogP contribution in [-0.2, 0) is 16.0 Å². The Morgan fingerprint density at radius 3 is 2.55 bits per heavy atom. The first kappa shape index (κ1) is 16.2. The highest BCUT2D eigenvalue weighted by Crippen LogP contribution is 2.15. The van der Waals surface area contributed by atoms with Gasteiger partial charge in [0.15, 0.2) is 0 Å². The largest absolute Gasteiger partial charge is 0.347 e. The first-order valence-corrected chi connectivity index (χ1v) is 7.44. The lowest BCUT2D eigenvalue weighted by atomic mass is 10.1.